The van der Waals surface area contributed by atoms with Gasteiger partial charge >= 0.3 is 0 Å². The Morgan fingerprint density at radius 2 is 2.12 bits per heavy atom. The zero-order chi connectivity index (χ0) is 12.2. The number of ether oxygens (including phenoxy) is 1. The van der Waals surface area contributed by atoms with E-state index in [1.165, 1.54) is 0 Å². The minimum atomic E-state index is -0.808. The quantitative estimate of drug-likeness (QED) is 0.843. The van der Waals surface area contributed by atoms with E-state index in [1.807, 2.05) is 32.0 Å². The monoisotopic (exact) mass is 218 g/mol. The van der Waals surface area contributed by atoms with E-state index in [1.54, 1.807) is 6.92 Å². The highest BCUT2D eigenvalue weighted by Gasteiger charge is 2.16. The van der Waals surface area contributed by atoms with Crippen LogP contribution in [0.5, 0.6) is 5.75 Å². The van der Waals surface area contributed by atoms with Crippen molar-refractivity contribution in [3.05, 3.63) is 29.3 Å². The highest BCUT2D eigenvalue weighted by Crippen LogP contribution is 2.19. The van der Waals surface area contributed by atoms with Crippen LogP contribution >= 0.6 is 0 Å². The first-order valence-electron chi connectivity index (χ1n) is 5.35. The van der Waals surface area contributed by atoms with Crippen LogP contribution < -0.4 is 10.5 Å². The van der Waals surface area contributed by atoms with Crippen LogP contribution in [-0.4, -0.2) is 12.1 Å². The van der Waals surface area contributed by atoms with Crippen molar-refractivity contribution in [1.29, 1.82) is 5.26 Å². The minimum Gasteiger partial charge on any atom is -0.493 e. The molecule has 0 fully saturated rings. The first-order valence-corrected chi connectivity index (χ1v) is 5.35. The molecule has 0 saturated heterocycles. The van der Waals surface area contributed by atoms with Crippen LogP contribution in [0.15, 0.2) is 18.2 Å². The standard InChI is InChI=1S/C13H18N2O/c1-10-4-5-11(2)12(8-10)16-7-6-13(3,15)9-14/h4-5,8H,6-7,15H2,1-3H3. The Kier molecular flexibility index (Phi) is 3.92. The lowest BCUT2D eigenvalue weighted by molar-refractivity contribution is 0.284. The molecule has 0 radical (unpaired) electrons. The van der Waals surface area contributed by atoms with Crippen LogP contribution in [0.1, 0.15) is 24.5 Å². The van der Waals surface area contributed by atoms with Gasteiger partial charge in [-0.05, 0) is 38.0 Å². The number of nitrogens with two attached hydrogens (primary N) is 1. The van der Waals surface area contributed by atoms with Crippen LogP contribution in [0.4, 0.5) is 0 Å². The molecule has 16 heavy (non-hydrogen) atoms. The van der Waals surface area contributed by atoms with Crippen LogP contribution in [0.2, 0.25) is 0 Å². The Hall–Kier alpha value is -1.53. The number of nitriles is 1. The van der Waals surface area contributed by atoms with E-state index in [2.05, 4.69) is 6.07 Å². The van der Waals surface area contributed by atoms with Gasteiger partial charge in [0.05, 0.1) is 12.7 Å². The Balaban J connectivity index is 2.56. The minimum absolute atomic E-state index is 0.463. The average Bonchev–Trinajstić information content (AvgIpc) is 2.23. The number of hydrogen-bond donors (Lipinski definition) is 1. The van der Waals surface area contributed by atoms with E-state index >= 15 is 0 Å². The summed E-state index contributed by atoms with van der Waals surface area (Å²) in [5.41, 5.74) is 7.16. The lowest BCUT2D eigenvalue weighted by Crippen LogP contribution is -2.35. The summed E-state index contributed by atoms with van der Waals surface area (Å²) in [5, 5.41) is 8.76. The molecule has 2 N–H and O–H groups in total. The molecule has 0 amide bonds. The molecule has 0 bridgehead atoms. The normalized spacial score (nSPS) is 13.9. The first kappa shape index (κ1) is 12.5. The van der Waals surface area contributed by atoms with Crippen molar-refractivity contribution in [2.45, 2.75) is 32.7 Å². The molecule has 3 nitrogen and oxygen atoms in total. The van der Waals surface area contributed by atoms with E-state index in [4.69, 9.17) is 15.7 Å². The maximum atomic E-state index is 8.76. The SMILES string of the molecule is Cc1ccc(C)c(OCCC(C)(N)C#N)c1. The zero-order valence-electron chi connectivity index (χ0n) is 10.1. The summed E-state index contributed by atoms with van der Waals surface area (Å²) >= 11 is 0. The molecule has 0 saturated carbocycles. The molecule has 1 rings (SSSR count). The molecule has 0 aliphatic heterocycles. The van der Waals surface area contributed by atoms with Gasteiger partial charge in [0.1, 0.15) is 11.3 Å². The molecule has 1 unspecified atom stereocenters. The molecule has 1 aromatic rings. The van der Waals surface area contributed by atoms with Crippen LogP contribution in [-0.2, 0) is 0 Å². The maximum absolute atomic E-state index is 8.76. The third-order valence-electron chi connectivity index (χ3n) is 2.48. The lowest BCUT2D eigenvalue weighted by Gasteiger charge is -2.16. The van der Waals surface area contributed by atoms with E-state index in [0.717, 1.165) is 16.9 Å². The van der Waals surface area contributed by atoms with E-state index < -0.39 is 5.54 Å². The van der Waals surface area contributed by atoms with Gasteiger partial charge in [-0.1, -0.05) is 12.1 Å². The Bertz CT molecular complexity index is 405. The fourth-order valence-corrected chi connectivity index (χ4v) is 1.29. The summed E-state index contributed by atoms with van der Waals surface area (Å²) in [6.07, 6.45) is 0.525. The average molecular weight is 218 g/mol. The summed E-state index contributed by atoms with van der Waals surface area (Å²) in [4.78, 5) is 0. The van der Waals surface area contributed by atoms with Gasteiger partial charge in [-0.15, -0.1) is 0 Å². The lowest BCUT2D eigenvalue weighted by atomic mass is 10.0. The van der Waals surface area contributed by atoms with Gasteiger partial charge in [0.2, 0.25) is 0 Å². The number of nitrogens with zero attached hydrogens (tertiary/aromatic N) is 1. The van der Waals surface area contributed by atoms with Crippen molar-refractivity contribution in [2.24, 2.45) is 5.73 Å². The van der Waals surface area contributed by atoms with E-state index in [0.29, 0.717) is 13.0 Å². The Morgan fingerprint density at radius 1 is 1.44 bits per heavy atom. The first-order chi connectivity index (χ1) is 7.44. The summed E-state index contributed by atoms with van der Waals surface area (Å²) in [5.74, 6) is 0.869. The molecular formula is C13H18N2O. The van der Waals surface area contributed by atoms with Crippen molar-refractivity contribution in [2.75, 3.05) is 6.61 Å². The molecule has 0 aliphatic rings. The number of benzene rings is 1. The number of hydrogen-bond acceptors (Lipinski definition) is 3. The van der Waals surface area contributed by atoms with Crippen LogP contribution in [0.3, 0.4) is 0 Å². The third-order valence-corrected chi connectivity index (χ3v) is 2.48. The van der Waals surface area contributed by atoms with Crippen molar-refractivity contribution in [1.82, 2.24) is 0 Å². The van der Waals surface area contributed by atoms with Gasteiger partial charge in [0, 0.05) is 6.42 Å². The zero-order valence-corrected chi connectivity index (χ0v) is 10.1. The van der Waals surface area contributed by atoms with Gasteiger partial charge in [-0.25, -0.2) is 0 Å². The van der Waals surface area contributed by atoms with Crippen molar-refractivity contribution < 1.29 is 4.74 Å². The second kappa shape index (κ2) is 5.00. The maximum Gasteiger partial charge on any atom is 0.122 e. The highest BCUT2D eigenvalue weighted by molar-refractivity contribution is 5.35. The molecule has 0 heterocycles. The molecule has 3 heteroatoms. The van der Waals surface area contributed by atoms with Gasteiger partial charge in [-0.2, -0.15) is 5.26 Å². The predicted octanol–water partition coefficient (Wildman–Crippen LogP) is 2.31. The molecule has 0 aromatic heterocycles. The van der Waals surface area contributed by atoms with E-state index in [9.17, 15) is 0 Å². The fourth-order valence-electron chi connectivity index (χ4n) is 1.29. The van der Waals surface area contributed by atoms with Gasteiger partial charge in [-0.3, -0.25) is 0 Å². The third kappa shape index (κ3) is 3.56. The van der Waals surface area contributed by atoms with Crippen molar-refractivity contribution >= 4 is 0 Å². The number of rotatable bonds is 4. The van der Waals surface area contributed by atoms with Crippen molar-refractivity contribution in [3.8, 4) is 11.8 Å². The summed E-state index contributed by atoms with van der Waals surface area (Å²) in [7, 11) is 0. The summed E-state index contributed by atoms with van der Waals surface area (Å²) in [6.45, 7) is 6.19. The highest BCUT2D eigenvalue weighted by atomic mass is 16.5. The Morgan fingerprint density at radius 3 is 2.75 bits per heavy atom. The van der Waals surface area contributed by atoms with Gasteiger partial charge in [0.25, 0.3) is 0 Å². The number of aryl methyl sites for hydroxylation is 2. The topological polar surface area (TPSA) is 59.0 Å². The summed E-state index contributed by atoms with van der Waals surface area (Å²) < 4.78 is 5.62. The Labute approximate surface area is 96.8 Å². The van der Waals surface area contributed by atoms with Crippen molar-refractivity contribution in [3.63, 3.8) is 0 Å². The van der Waals surface area contributed by atoms with Gasteiger partial charge < -0.3 is 10.5 Å². The molecule has 0 aliphatic carbocycles. The van der Waals surface area contributed by atoms with E-state index in [-0.39, 0.29) is 0 Å². The van der Waals surface area contributed by atoms with Crippen LogP contribution in [0.25, 0.3) is 0 Å². The summed E-state index contributed by atoms with van der Waals surface area (Å²) in [6, 6.07) is 8.12. The smallest absolute Gasteiger partial charge is 0.122 e. The van der Waals surface area contributed by atoms with Gasteiger partial charge in [0.15, 0.2) is 0 Å². The molecular weight excluding hydrogens is 200 g/mol. The molecule has 1 aromatic carbocycles. The largest absolute Gasteiger partial charge is 0.493 e. The fraction of sp³-hybridized carbons (Fsp3) is 0.462. The second-order valence-corrected chi connectivity index (χ2v) is 4.40. The second-order valence-electron chi connectivity index (χ2n) is 4.40. The molecule has 0 spiro atoms. The molecule has 1 atom stereocenters. The van der Waals surface area contributed by atoms with Crippen LogP contribution in [0, 0.1) is 25.2 Å². The molecule has 86 valence electrons. The predicted molar refractivity (Wildman–Crippen MR) is 64.2 cm³/mol.